The molecule has 0 saturated carbocycles. The van der Waals surface area contributed by atoms with Crippen molar-refractivity contribution < 1.29 is 4.79 Å². The van der Waals surface area contributed by atoms with E-state index in [0.717, 1.165) is 30.7 Å². The summed E-state index contributed by atoms with van der Waals surface area (Å²) in [6.45, 7) is 4.57. The average Bonchev–Trinajstić information content (AvgIpc) is 2.53. The number of carbonyl (C=O) groups is 1. The van der Waals surface area contributed by atoms with Gasteiger partial charge in [0.05, 0.1) is 0 Å². The topological polar surface area (TPSA) is 53.2 Å². The Balaban J connectivity index is 2.76. The number of rotatable bonds is 4. The van der Waals surface area contributed by atoms with Crippen LogP contribution in [0, 0.1) is 6.92 Å². The standard InChI is InChI=1S/C10H16N2O2S/c1-4-5-6-12(3)9(13)8-7(2)11-10(14)15-8/h4-6H2,1-3H3,(H,11,14). The Bertz CT molecular complexity index is 394. The minimum atomic E-state index is -0.167. The number of hydrogen-bond donors (Lipinski definition) is 1. The third-order valence-corrected chi connectivity index (χ3v) is 3.19. The van der Waals surface area contributed by atoms with Crippen LogP contribution >= 0.6 is 11.3 Å². The molecule has 0 spiro atoms. The quantitative estimate of drug-likeness (QED) is 0.851. The van der Waals surface area contributed by atoms with Crippen LogP contribution in [0.2, 0.25) is 0 Å². The molecule has 1 aromatic heterocycles. The summed E-state index contributed by atoms with van der Waals surface area (Å²) >= 11 is 0.982. The number of carbonyl (C=O) groups excluding carboxylic acids is 1. The Kier molecular flexibility index (Phi) is 4.08. The first-order chi connectivity index (χ1) is 7.06. The molecule has 1 rings (SSSR count). The van der Waals surface area contributed by atoms with Crippen LogP contribution in [-0.2, 0) is 0 Å². The zero-order valence-electron chi connectivity index (χ0n) is 9.29. The maximum absolute atomic E-state index is 11.9. The van der Waals surface area contributed by atoms with Crippen molar-refractivity contribution in [3.8, 4) is 0 Å². The second kappa shape index (κ2) is 5.11. The maximum atomic E-state index is 11.9. The maximum Gasteiger partial charge on any atom is 0.305 e. The molecule has 1 N–H and O–H groups in total. The van der Waals surface area contributed by atoms with Crippen LogP contribution in [-0.4, -0.2) is 29.4 Å². The van der Waals surface area contributed by atoms with E-state index in [-0.39, 0.29) is 10.8 Å². The van der Waals surface area contributed by atoms with Gasteiger partial charge in [0.15, 0.2) is 0 Å². The lowest BCUT2D eigenvalue weighted by atomic mass is 10.3. The number of aromatic amines is 1. The largest absolute Gasteiger partial charge is 0.341 e. The lowest BCUT2D eigenvalue weighted by Crippen LogP contribution is -2.27. The van der Waals surface area contributed by atoms with Gasteiger partial charge in [-0.2, -0.15) is 0 Å². The van der Waals surface area contributed by atoms with E-state index in [1.54, 1.807) is 18.9 Å². The zero-order chi connectivity index (χ0) is 11.4. The van der Waals surface area contributed by atoms with E-state index in [2.05, 4.69) is 11.9 Å². The van der Waals surface area contributed by atoms with Crippen molar-refractivity contribution in [3.63, 3.8) is 0 Å². The molecule has 0 aliphatic carbocycles. The van der Waals surface area contributed by atoms with Crippen molar-refractivity contribution >= 4 is 17.2 Å². The van der Waals surface area contributed by atoms with Crippen molar-refractivity contribution in [1.29, 1.82) is 0 Å². The van der Waals surface area contributed by atoms with Crippen LogP contribution < -0.4 is 4.87 Å². The van der Waals surface area contributed by atoms with Crippen LogP contribution in [0.4, 0.5) is 0 Å². The summed E-state index contributed by atoms with van der Waals surface area (Å²) in [5.74, 6) is -0.0655. The van der Waals surface area contributed by atoms with E-state index < -0.39 is 0 Å². The van der Waals surface area contributed by atoms with E-state index in [1.165, 1.54) is 0 Å². The molecule has 1 amide bonds. The van der Waals surface area contributed by atoms with E-state index in [4.69, 9.17) is 0 Å². The second-order valence-corrected chi connectivity index (χ2v) is 4.53. The molecule has 1 aromatic rings. The molecule has 84 valence electrons. The number of aryl methyl sites for hydroxylation is 1. The number of unbranched alkanes of at least 4 members (excludes halogenated alkanes) is 1. The van der Waals surface area contributed by atoms with Gasteiger partial charge in [-0.1, -0.05) is 24.7 Å². The van der Waals surface area contributed by atoms with Crippen molar-refractivity contribution in [2.75, 3.05) is 13.6 Å². The summed E-state index contributed by atoms with van der Waals surface area (Å²) in [7, 11) is 1.77. The number of nitrogens with zero attached hydrogens (tertiary/aromatic N) is 1. The third-order valence-electron chi connectivity index (χ3n) is 2.21. The Morgan fingerprint density at radius 2 is 2.20 bits per heavy atom. The van der Waals surface area contributed by atoms with E-state index in [0.29, 0.717) is 10.6 Å². The van der Waals surface area contributed by atoms with Crippen molar-refractivity contribution in [1.82, 2.24) is 9.88 Å². The fraction of sp³-hybridized carbons (Fsp3) is 0.600. The first-order valence-corrected chi connectivity index (χ1v) is 5.83. The highest BCUT2D eigenvalue weighted by Crippen LogP contribution is 2.11. The van der Waals surface area contributed by atoms with E-state index >= 15 is 0 Å². The monoisotopic (exact) mass is 228 g/mol. The Morgan fingerprint density at radius 3 is 2.67 bits per heavy atom. The highest BCUT2D eigenvalue weighted by atomic mass is 32.1. The minimum Gasteiger partial charge on any atom is -0.341 e. The highest BCUT2D eigenvalue weighted by molar-refractivity contribution is 7.11. The summed E-state index contributed by atoms with van der Waals surface area (Å²) in [6, 6.07) is 0. The van der Waals surface area contributed by atoms with Gasteiger partial charge in [0.2, 0.25) is 0 Å². The summed E-state index contributed by atoms with van der Waals surface area (Å²) in [6.07, 6.45) is 2.04. The molecule has 0 radical (unpaired) electrons. The minimum absolute atomic E-state index is 0.0655. The first-order valence-electron chi connectivity index (χ1n) is 5.01. The molecule has 5 heteroatoms. The number of H-pyrrole nitrogens is 1. The fourth-order valence-corrected chi connectivity index (χ4v) is 2.12. The number of amides is 1. The molecule has 0 unspecified atom stereocenters. The molecule has 0 aliphatic rings. The van der Waals surface area contributed by atoms with Gasteiger partial charge in [0.25, 0.3) is 5.91 Å². The molecule has 1 heterocycles. The summed E-state index contributed by atoms with van der Waals surface area (Å²) in [5.41, 5.74) is 0.665. The SMILES string of the molecule is CCCCN(C)C(=O)c1sc(=O)[nH]c1C. The van der Waals surface area contributed by atoms with Crippen LogP contribution in [0.15, 0.2) is 4.79 Å². The van der Waals surface area contributed by atoms with Gasteiger partial charge < -0.3 is 9.88 Å². The molecule has 0 saturated heterocycles. The molecule has 0 aromatic carbocycles. The van der Waals surface area contributed by atoms with Crippen molar-refractivity contribution in [2.45, 2.75) is 26.7 Å². The number of aromatic nitrogens is 1. The number of hydrogen-bond acceptors (Lipinski definition) is 3. The zero-order valence-corrected chi connectivity index (χ0v) is 10.1. The van der Waals surface area contributed by atoms with E-state index in [1.807, 2.05) is 0 Å². The van der Waals surface area contributed by atoms with Gasteiger partial charge in [-0.3, -0.25) is 9.59 Å². The van der Waals surface area contributed by atoms with Crippen LogP contribution in [0.3, 0.4) is 0 Å². The van der Waals surface area contributed by atoms with Gasteiger partial charge >= 0.3 is 4.87 Å². The van der Waals surface area contributed by atoms with Crippen molar-refractivity contribution in [3.05, 3.63) is 20.2 Å². The molecular formula is C10H16N2O2S. The second-order valence-electron chi connectivity index (χ2n) is 3.55. The Hall–Kier alpha value is -1.10. The molecule has 0 aliphatic heterocycles. The number of nitrogens with one attached hydrogen (secondary N) is 1. The average molecular weight is 228 g/mol. The Labute approximate surface area is 92.9 Å². The summed E-state index contributed by atoms with van der Waals surface area (Å²) < 4.78 is 0. The van der Waals surface area contributed by atoms with Gasteiger partial charge in [0, 0.05) is 19.3 Å². The molecule has 0 bridgehead atoms. The van der Waals surface area contributed by atoms with Crippen LogP contribution in [0.5, 0.6) is 0 Å². The predicted molar refractivity (Wildman–Crippen MR) is 61.5 cm³/mol. The van der Waals surface area contributed by atoms with Crippen LogP contribution in [0.1, 0.15) is 35.1 Å². The highest BCUT2D eigenvalue weighted by Gasteiger charge is 2.16. The van der Waals surface area contributed by atoms with Crippen molar-refractivity contribution in [2.24, 2.45) is 0 Å². The van der Waals surface area contributed by atoms with Gasteiger partial charge in [-0.25, -0.2) is 0 Å². The number of thiazole rings is 1. The molecule has 0 fully saturated rings. The molecule has 4 nitrogen and oxygen atoms in total. The van der Waals surface area contributed by atoms with Gasteiger partial charge in [-0.05, 0) is 13.3 Å². The molecular weight excluding hydrogens is 212 g/mol. The lowest BCUT2D eigenvalue weighted by Gasteiger charge is -2.15. The van der Waals surface area contributed by atoms with Gasteiger partial charge in [-0.15, -0.1) is 0 Å². The third kappa shape index (κ3) is 2.92. The predicted octanol–water partition coefficient (Wildman–Crippen LogP) is 1.62. The normalized spacial score (nSPS) is 10.3. The van der Waals surface area contributed by atoms with Crippen LogP contribution in [0.25, 0.3) is 0 Å². The first kappa shape index (κ1) is 12.0. The molecule has 15 heavy (non-hydrogen) atoms. The molecule has 0 atom stereocenters. The van der Waals surface area contributed by atoms with E-state index in [9.17, 15) is 9.59 Å². The Morgan fingerprint density at radius 1 is 1.53 bits per heavy atom. The lowest BCUT2D eigenvalue weighted by molar-refractivity contribution is 0.0797. The smallest absolute Gasteiger partial charge is 0.305 e. The summed E-state index contributed by atoms with van der Waals surface area (Å²) in [5, 5.41) is 0. The van der Waals surface area contributed by atoms with Gasteiger partial charge in [0.1, 0.15) is 4.88 Å². The summed E-state index contributed by atoms with van der Waals surface area (Å²) in [4.78, 5) is 27.5. The fourth-order valence-electron chi connectivity index (χ4n) is 1.28.